The van der Waals surface area contributed by atoms with Gasteiger partial charge in [0.25, 0.3) is 5.91 Å². The molecule has 0 bridgehead atoms. The molecule has 0 radical (unpaired) electrons. The first-order valence-corrected chi connectivity index (χ1v) is 8.61. The van der Waals surface area contributed by atoms with Gasteiger partial charge < -0.3 is 20.5 Å². The first kappa shape index (κ1) is 21.4. The summed E-state index contributed by atoms with van der Waals surface area (Å²) in [5.41, 5.74) is 10.4. The van der Waals surface area contributed by atoms with E-state index >= 15 is 0 Å². The number of nitrogens with two attached hydrogens (primary N) is 1. The highest BCUT2D eigenvalue weighted by atomic mass is 16.5. The second-order valence-corrected chi connectivity index (χ2v) is 6.12. The van der Waals surface area contributed by atoms with Crippen LogP contribution in [0.15, 0.2) is 41.5 Å². The number of anilines is 1. The molecule has 29 heavy (non-hydrogen) atoms. The van der Waals surface area contributed by atoms with Crippen molar-refractivity contribution in [3.8, 4) is 11.5 Å². The van der Waals surface area contributed by atoms with Crippen LogP contribution in [-0.2, 0) is 14.4 Å². The average Bonchev–Trinajstić information content (AvgIpc) is 2.69. The molecule has 0 fully saturated rings. The number of hydrazone groups is 1. The fourth-order valence-corrected chi connectivity index (χ4v) is 2.26. The average molecular weight is 398 g/mol. The van der Waals surface area contributed by atoms with Crippen molar-refractivity contribution >= 4 is 29.6 Å². The van der Waals surface area contributed by atoms with Gasteiger partial charge in [-0.25, -0.2) is 5.43 Å². The molecule has 0 saturated heterocycles. The summed E-state index contributed by atoms with van der Waals surface area (Å²) < 4.78 is 10.4. The molecular weight excluding hydrogens is 376 g/mol. The fourth-order valence-electron chi connectivity index (χ4n) is 2.26. The topological polar surface area (TPSA) is 132 Å². The van der Waals surface area contributed by atoms with Gasteiger partial charge in [0.2, 0.25) is 0 Å². The molecule has 0 aliphatic rings. The zero-order valence-electron chi connectivity index (χ0n) is 16.3. The first-order valence-electron chi connectivity index (χ1n) is 8.61. The highest BCUT2D eigenvalue weighted by molar-refractivity contribution is 6.39. The number of methoxy groups -OCH3 is 1. The van der Waals surface area contributed by atoms with E-state index in [-0.39, 0.29) is 6.61 Å². The highest BCUT2D eigenvalue weighted by Crippen LogP contribution is 2.27. The first-order chi connectivity index (χ1) is 13.8. The number of ether oxygens (including phenoxy) is 2. The SMILES string of the molecule is COc1cc(/C=N\NC(=O)C(=O)Nc2ccc(C)c(C)c2)ccc1OCC(N)=O. The molecule has 0 aliphatic carbocycles. The number of hydrogen-bond donors (Lipinski definition) is 3. The van der Waals surface area contributed by atoms with Crippen molar-refractivity contribution in [1.29, 1.82) is 0 Å². The Hall–Kier alpha value is -3.88. The van der Waals surface area contributed by atoms with Crippen LogP contribution in [0.25, 0.3) is 0 Å². The normalized spacial score (nSPS) is 10.4. The fraction of sp³-hybridized carbons (Fsp3) is 0.200. The Morgan fingerprint density at radius 2 is 1.79 bits per heavy atom. The molecule has 9 nitrogen and oxygen atoms in total. The summed E-state index contributed by atoms with van der Waals surface area (Å²) in [6, 6.07) is 10.1. The molecule has 2 aromatic carbocycles. The number of rotatable bonds is 7. The molecule has 2 rings (SSSR count). The van der Waals surface area contributed by atoms with Gasteiger partial charge in [0.15, 0.2) is 18.1 Å². The van der Waals surface area contributed by atoms with Gasteiger partial charge in [-0.2, -0.15) is 5.10 Å². The van der Waals surface area contributed by atoms with E-state index in [0.717, 1.165) is 11.1 Å². The lowest BCUT2D eigenvalue weighted by Crippen LogP contribution is -2.32. The lowest BCUT2D eigenvalue weighted by molar-refractivity contribution is -0.136. The summed E-state index contributed by atoms with van der Waals surface area (Å²) in [6.07, 6.45) is 1.33. The molecule has 2 aromatic rings. The molecule has 0 heterocycles. The largest absolute Gasteiger partial charge is 0.493 e. The van der Waals surface area contributed by atoms with Crippen molar-refractivity contribution in [3.05, 3.63) is 53.1 Å². The van der Waals surface area contributed by atoms with Crippen LogP contribution in [0.5, 0.6) is 11.5 Å². The lowest BCUT2D eigenvalue weighted by Gasteiger charge is -2.09. The standard InChI is InChI=1S/C20H22N4O5/c1-12-4-6-15(8-13(12)2)23-19(26)20(27)24-22-10-14-5-7-16(17(9-14)28-3)29-11-18(21)25/h4-10H,11H2,1-3H3,(H2,21,25)(H,23,26)(H,24,27)/b22-10-. The van der Waals surface area contributed by atoms with Crippen LogP contribution in [0.3, 0.4) is 0 Å². The summed E-state index contributed by atoms with van der Waals surface area (Å²) >= 11 is 0. The molecule has 0 unspecified atom stereocenters. The minimum Gasteiger partial charge on any atom is -0.493 e. The predicted molar refractivity (Wildman–Crippen MR) is 108 cm³/mol. The zero-order valence-corrected chi connectivity index (χ0v) is 16.3. The third-order valence-electron chi connectivity index (χ3n) is 3.91. The second-order valence-electron chi connectivity index (χ2n) is 6.12. The van der Waals surface area contributed by atoms with Crippen molar-refractivity contribution in [2.75, 3.05) is 19.0 Å². The molecule has 0 aromatic heterocycles. The number of carbonyl (C=O) groups excluding carboxylic acids is 3. The van der Waals surface area contributed by atoms with Gasteiger partial charge in [0.1, 0.15) is 0 Å². The molecule has 0 atom stereocenters. The van der Waals surface area contributed by atoms with Crippen LogP contribution < -0.4 is 25.9 Å². The van der Waals surface area contributed by atoms with Crippen LogP contribution in [-0.4, -0.2) is 37.7 Å². The Labute approximate surface area is 167 Å². The maximum atomic E-state index is 12.0. The Kier molecular flexibility index (Phi) is 7.30. The highest BCUT2D eigenvalue weighted by Gasteiger charge is 2.13. The van der Waals surface area contributed by atoms with Gasteiger partial charge in [-0.1, -0.05) is 6.07 Å². The Bertz CT molecular complexity index is 956. The van der Waals surface area contributed by atoms with E-state index < -0.39 is 17.7 Å². The van der Waals surface area contributed by atoms with E-state index in [2.05, 4.69) is 15.8 Å². The van der Waals surface area contributed by atoms with Crippen molar-refractivity contribution in [3.63, 3.8) is 0 Å². The molecule has 0 aliphatic heterocycles. The zero-order chi connectivity index (χ0) is 21.4. The lowest BCUT2D eigenvalue weighted by atomic mass is 10.1. The van der Waals surface area contributed by atoms with Crippen LogP contribution in [0.4, 0.5) is 5.69 Å². The maximum absolute atomic E-state index is 12.0. The minimum atomic E-state index is -0.909. The van der Waals surface area contributed by atoms with Crippen LogP contribution >= 0.6 is 0 Å². The number of amides is 3. The van der Waals surface area contributed by atoms with E-state index in [1.807, 2.05) is 19.9 Å². The van der Waals surface area contributed by atoms with Crippen molar-refractivity contribution in [2.45, 2.75) is 13.8 Å². The summed E-state index contributed by atoms with van der Waals surface area (Å²) in [5, 5.41) is 6.27. The third-order valence-corrected chi connectivity index (χ3v) is 3.91. The van der Waals surface area contributed by atoms with Gasteiger partial charge >= 0.3 is 11.8 Å². The third kappa shape index (κ3) is 6.35. The number of carbonyl (C=O) groups is 3. The van der Waals surface area contributed by atoms with E-state index in [1.54, 1.807) is 30.3 Å². The van der Waals surface area contributed by atoms with Crippen molar-refractivity contribution < 1.29 is 23.9 Å². The number of benzene rings is 2. The van der Waals surface area contributed by atoms with E-state index in [1.165, 1.54) is 13.3 Å². The summed E-state index contributed by atoms with van der Waals surface area (Å²) in [7, 11) is 1.44. The molecule has 0 saturated carbocycles. The van der Waals surface area contributed by atoms with E-state index in [0.29, 0.717) is 22.7 Å². The molecule has 152 valence electrons. The molecule has 0 spiro atoms. The van der Waals surface area contributed by atoms with Crippen molar-refractivity contribution in [1.82, 2.24) is 5.43 Å². The summed E-state index contributed by atoms with van der Waals surface area (Å²) in [4.78, 5) is 34.7. The Morgan fingerprint density at radius 1 is 1.03 bits per heavy atom. The molecule has 3 amide bonds. The Balaban J connectivity index is 1.95. The van der Waals surface area contributed by atoms with Gasteiger partial charge in [0, 0.05) is 5.69 Å². The summed E-state index contributed by atoms with van der Waals surface area (Å²) in [5.74, 6) is -1.67. The maximum Gasteiger partial charge on any atom is 0.329 e. The van der Waals surface area contributed by atoms with Crippen molar-refractivity contribution in [2.24, 2.45) is 10.8 Å². The smallest absolute Gasteiger partial charge is 0.329 e. The quantitative estimate of drug-likeness (QED) is 0.367. The molecule has 9 heteroatoms. The van der Waals surface area contributed by atoms with Gasteiger partial charge in [-0.3, -0.25) is 14.4 Å². The number of nitrogens with zero attached hydrogens (tertiary/aromatic N) is 1. The monoisotopic (exact) mass is 398 g/mol. The van der Waals surface area contributed by atoms with Gasteiger partial charge in [-0.15, -0.1) is 0 Å². The molecule has 4 N–H and O–H groups in total. The Morgan fingerprint density at radius 3 is 2.45 bits per heavy atom. The van der Waals surface area contributed by atoms with Crippen LogP contribution in [0.2, 0.25) is 0 Å². The van der Waals surface area contributed by atoms with Crippen LogP contribution in [0, 0.1) is 13.8 Å². The van der Waals surface area contributed by atoms with Crippen LogP contribution in [0.1, 0.15) is 16.7 Å². The number of nitrogens with one attached hydrogen (secondary N) is 2. The number of aryl methyl sites for hydroxylation is 2. The number of primary amides is 1. The predicted octanol–water partition coefficient (Wildman–Crippen LogP) is 1.26. The number of hydrogen-bond acceptors (Lipinski definition) is 6. The summed E-state index contributed by atoms with van der Waals surface area (Å²) in [6.45, 7) is 3.58. The van der Waals surface area contributed by atoms with Gasteiger partial charge in [-0.05, 0) is 60.9 Å². The van der Waals surface area contributed by atoms with Gasteiger partial charge in [0.05, 0.1) is 13.3 Å². The second kappa shape index (κ2) is 9.88. The van der Waals surface area contributed by atoms with E-state index in [4.69, 9.17) is 15.2 Å². The van der Waals surface area contributed by atoms with E-state index in [9.17, 15) is 14.4 Å². The minimum absolute atomic E-state index is 0.282. The molecular formula is C20H22N4O5.